The van der Waals surface area contributed by atoms with E-state index in [9.17, 15) is 4.79 Å². The normalized spacial score (nSPS) is 10.4. The van der Waals surface area contributed by atoms with Crippen LogP contribution in [0.2, 0.25) is 0 Å². The lowest BCUT2D eigenvalue weighted by Crippen LogP contribution is -2.25. The Labute approximate surface area is 105 Å². The molecule has 1 heterocycles. The first-order chi connectivity index (χ1) is 7.69. The number of alkyl halides is 1. The molecule has 0 radical (unpaired) electrons. The van der Waals surface area contributed by atoms with Crippen molar-refractivity contribution in [2.75, 3.05) is 18.1 Å². The number of carbonyl (C=O) groups excluding carboxylic acids is 1. The lowest BCUT2D eigenvalue weighted by atomic mass is 10.3. The van der Waals surface area contributed by atoms with Crippen molar-refractivity contribution in [1.82, 2.24) is 5.32 Å². The van der Waals surface area contributed by atoms with Gasteiger partial charge in [-0.05, 0) is 18.7 Å². The number of amides is 1. The average Bonchev–Trinajstić information content (AvgIpc) is 2.66. The molecule has 90 valence electrons. The topological polar surface area (TPSA) is 42.2 Å². The quantitative estimate of drug-likeness (QED) is 0.633. The summed E-state index contributed by atoms with van der Waals surface area (Å²) in [7, 11) is 0. The zero-order valence-corrected chi connectivity index (χ0v) is 11.1. The van der Waals surface area contributed by atoms with Gasteiger partial charge in [0.25, 0.3) is 5.91 Å². The number of halogens is 1. The molecule has 0 bridgehead atoms. The molecule has 0 aliphatic carbocycles. The van der Waals surface area contributed by atoms with Crippen LogP contribution in [0.5, 0.6) is 0 Å². The molecule has 3 nitrogen and oxygen atoms in total. The fourth-order valence-electron chi connectivity index (χ4n) is 1.23. The zero-order valence-electron chi connectivity index (χ0n) is 9.51. The summed E-state index contributed by atoms with van der Waals surface area (Å²) in [5.41, 5.74) is 0.870. The smallest absolute Gasteiger partial charge is 0.287 e. The Balaban J connectivity index is 2.46. The van der Waals surface area contributed by atoms with Gasteiger partial charge < -0.3 is 9.73 Å². The van der Waals surface area contributed by atoms with Crippen molar-refractivity contribution in [3.8, 4) is 0 Å². The van der Waals surface area contributed by atoms with Gasteiger partial charge >= 0.3 is 0 Å². The third-order valence-electron chi connectivity index (χ3n) is 2.12. The fourth-order valence-corrected chi connectivity index (χ4v) is 2.03. The first kappa shape index (κ1) is 13.5. The first-order valence-corrected chi connectivity index (χ1v) is 6.89. The van der Waals surface area contributed by atoms with Gasteiger partial charge in [-0.15, -0.1) is 11.6 Å². The summed E-state index contributed by atoms with van der Waals surface area (Å²) in [5.74, 6) is 3.24. The molecule has 5 heteroatoms. The Morgan fingerprint density at radius 3 is 2.94 bits per heavy atom. The summed E-state index contributed by atoms with van der Waals surface area (Å²) in [6, 6.07) is 1.70. The second kappa shape index (κ2) is 6.86. The summed E-state index contributed by atoms with van der Waals surface area (Å²) >= 11 is 7.49. The molecule has 1 aromatic heterocycles. The summed E-state index contributed by atoms with van der Waals surface area (Å²) in [5, 5.41) is 2.80. The van der Waals surface area contributed by atoms with Gasteiger partial charge in [0.05, 0.1) is 5.88 Å². The van der Waals surface area contributed by atoms with E-state index in [1.807, 2.05) is 0 Å². The molecule has 1 amide bonds. The number of aryl methyl sites for hydroxylation is 1. The third kappa shape index (κ3) is 3.76. The van der Waals surface area contributed by atoms with E-state index in [0.717, 1.165) is 17.1 Å². The standard InChI is InChI=1S/C11H16ClNO2S/c1-3-16-5-4-13-11(14)10-6-9(7-12)8(2)15-10/h6H,3-5,7H2,1-2H3,(H,13,14). The minimum Gasteiger partial charge on any atom is -0.456 e. The van der Waals surface area contributed by atoms with E-state index in [4.69, 9.17) is 16.0 Å². The molecular weight excluding hydrogens is 246 g/mol. The Hall–Kier alpha value is -0.610. The SMILES string of the molecule is CCSCCNC(=O)c1cc(CCl)c(C)o1. The van der Waals surface area contributed by atoms with Crippen molar-refractivity contribution < 1.29 is 9.21 Å². The largest absolute Gasteiger partial charge is 0.456 e. The minimum absolute atomic E-state index is 0.170. The van der Waals surface area contributed by atoms with Crippen molar-refractivity contribution in [3.05, 3.63) is 23.2 Å². The lowest BCUT2D eigenvalue weighted by Gasteiger charge is -2.01. The predicted molar refractivity (Wildman–Crippen MR) is 68.3 cm³/mol. The summed E-state index contributed by atoms with van der Waals surface area (Å²) in [6.45, 7) is 4.56. The maximum absolute atomic E-state index is 11.6. The van der Waals surface area contributed by atoms with E-state index in [1.165, 1.54) is 0 Å². The van der Waals surface area contributed by atoms with Crippen molar-refractivity contribution in [2.24, 2.45) is 0 Å². The van der Waals surface area contributed by atoms with Crippen LogP contribution in [-0.2, 0) is 5.88 Å². The van der Waals surface area contributed by atoms with Crippen LogP contribution in [0.4, 0.5) is 0 Å². The Morgan fingerprint density at radius 2 is 2.38 bits per heavy atom. The van der Waals surface area contributed by atoms with Gasteiger partial charge in [-0.3, -0.25) is 4.79 Å². The maximum Gasteiger partial charge on any atom is 0.287 e. The molecule has 0 saturated heterocycles. The van der Waals surface area contributed by atoms with Crippen LogP contribution in [0.25, 0.3) is 0 Å². The average molecular weight is 262 g/mol. The molecule has 1 aromatic rings. The van der Waals surface area contributed by atoms with Gasteiger partial charge in [-0.25, -0.2) is 0 Å². The van der Waals surface area contributed by atoms with Gasteiger partial charge in [0, 0.05) is 17.9 Å². The Kier molecular flexibility index (Phi) is 5.77. The number of rotatable bonds is 6. The van der Waals surface area contributed by atoms with E-state index in [0.29, 0.717) is 23.9 Å². The van der Waals surface area contributed by atoms with Crippen LogP contribution in [-0.4, -0.2) is 24.0 Å². The van der Waals surface area contributed by atoms with Crippen molar-refractivity contribution in [1.29, 1.82) is 0 Å². The molecule has 0 spiro atoms. The number of furan rings is 1. The van der Waals surface area contributed by atoms with Crippen molar-refractivity contribution in [2.45, 2.75) is 19.7 Å². The number of carbonyl (C=O) groups is 1. The molecular formula is C11H16ClNO2S. The molecule has 0 aliphatic rings. The highest BCUT2D eigenvalue weighted by Gasteiger charge is 2.12. The second-order valence-corrected chi connectivity index (χ2v) is 4.94. The predicted octanol–water partition coefficient (Wildman–Crippen LogP) is 2.81. The van der Waals surface area contributed by atoms with Crippen LogP contribution >= 0.6 is 23.4 Å². The molecule has 0 fully saturated rings. The van der Waals surface area contributed by atoms with Crippen molar-refractivity contribution >= 4 is 29.3 Å². The number of hydrogen-bond acceptors (Lipinski definition) is 3. The third-order valence-corrected chi connectivity index (χ3v) is 3.31. The van der Waals surface area contributed by atoms with E-state index in [-0.39, 0.29) is 5.91 Å². The van der Waals surface area contributed by atoms with Gasteiger partial charge in [0.1, 0.15) is 5.76 Å². The van der Waals surface area contributed by atoms with E-state index >= 15 is 0 Å². The molecule has 0 atom stereocenters. The summed E-state index contributed by atoms with van der Waals surface area (Å²) in [4.78, 5) is 11.6. The minimum atomic E-state index is -0.170. The molecule has 1 rings (SSSR count). The molecule has 0 aromatic carbocycles. The highest BCUT2D eigenvalue weighted by molar-refractivity contribution is 7.99. The highest BCUT2D eigenvalue weighted by atomic mass is 35.5. The van der Waals surface area contributed by atoms with Gasteiger partial charge in [0.15, 0.2) is 5.76 Å². The zero-order chi connectivity index (χ0) is 12.0. The first-order valence-electron chi connectivity index (χ1n) is 5.20. The van der Waals surface area contributed by atoms with E-state index < -0.39 is 0 Å². The Morgan fingerprint density at radius 1 is 1.62 bits per heavy atom. The van der Waals surface area contributed by atoms with Crippen LogP contribution in [0.15, 0.2) is 10.5 Å². The van der Waals surface area contributed by atoms with Crippen LogP contribution in [0, 0.1) is 6.92 Å². The summed E-state index contributed by atoms with van der Waals surface area (Å²) in [6.07, 6.45) is 0. The number of hydrogen-bond donors (Lipinski definition) is 1. The lowest BCUT2D eigenvalue weighted by molar-refractivity contribution is 0.0927. The summed E-state index contributed by atoms with van der Waals surface area (Å²) < 4.78 is 5.32. The monoisotopic (exact) mass is 261 g/mol. The van der Waals surface area contributed by atoms with Crippen LogP contribution < -0.4 is 5.32 Å². The van der Waals surface area contributed by atoms with Gasteiger partial charge in [-0.1, -0.05) is 6.92 Å². The molecule has 16 heavy (non-hydrogen) atoms. The van der Waals surface area contributed by atoms with E-state index in [1.54, 1.807) is 24.8 Å². The highest BCUT2D eigenvalue weighted by Crippen LogP contribution is 2.16. The van der Waals surface area contributed by atoms with Crippen LogP contribution in [0.3, 0.4) is 0 Å². The van der Waals surface area contributed by atoms with Gasteiger partial charge in [0.2, 0.25) is 0 Å². The molecule has 0 unspecified atom stereocenters. The number of thioether (sulfide) groups is 1. The van der Waals surface area contributed by atoms with E-state index in [2.05, 4.69) is 12.2 Å². The maximum atomic E-state index is 11.6. The van der Waals surface area contributed by atoms with Gasteiger partial charge in [-0.2, -0.15) is 11.8 Å². The Bertz CT molecular complexity index is 352. The number of nitrogens with one attached hydrogen (secondary N) is 1. The van der Waals surface area contributed by atoms with Crippen molar-refractivity contribution in [3.63, 3.8) is 0 Å². The molecule has 0 aliphatic heterocycles. The molecule has 1 N–H and O–H groups in total. The molecule has 0 saturated carbocycles. The van der Waals surface area contributed by atoms with Crippen LogP contribution in [0.1, 0.15) is 28.8 Å². The second-order valence-electron chi connectivity index (χ2n) is 3.28. The fraction of sp³-hybridized carbons (Fsp3) is 0.545.